The van der Waals surface area contributed by atoms with Gasteiger partial charge in [-0.25, -0.2) is 0 Å². The van der Waals surface area contributed by atoms with Gasteiger partial charge in [-0.05, 0) is 13.8 Å². The van der Waals surface area contributed by atoms with Crippen LogP contribution in [-0.4, -0.2) is 11.0 Å². The number of nitrogens with zero attached hydrogens (tertiary/aromatic N) is 1. The lowest BCUT2D eigenvalue weighted by Gasteiger charge is -2.12. The van der Waals surface area contributed by atoms with Gasteiger partial charge < -0.3 is 4.74 Å². The molecule has 0 heterocycles. The van der Waals surface area contributed by atoms with Crippen LogP contribution < -0.4 is 4.74 Å². The molecule has 0 aromatic heterocycles. The zero-order valence-electron chi connectivity index (χ0n) is 8.57. The fourth-order valence-corrected chi connectivity index (χ4v) is 1.40. The van der Waals surface area contributed by atoms with Crippen LogP contribution in [0.1, 0.15) is 19.4 Å². The second-order valence-corrected chi connectivity index (χ2v) is 3.59. The number of nitro benzene ring substituents is 1. The summed E-state index contributed by atoms with van der Waals surface area (Å²) < 4.78 is 5.40. The molecule has 0 radical (unpaired) electrons. The summed E-state index contributed by atoms with van der Waals surface area (Å²) in [7, 11) is 0. The van der Waals surface area contributed by atoms with E-state index in [9.17, 15) is 10.1 Å². The van der Waals surface area contributed by atoms with E-state index < -0.39 is 4.92 Å². The zero-order valence-corrected chi connectivity index (χ0v) is 9.32. The van der Waals surface area contributed by atoms with Crippen molar-refractivity contribution >= 4 is 17.3 Å². The monoisotopic (exact) mass is 229 g/mol. The van der Waals surface area contributed by atoms with Crippen LogP contribution in [0.3, 0.4) is 0 Å². The maximum absolute atomic E-state index is 10.8. The first-order chi connectivity index (χ1) is 7.06. The van der Waals surface area contributed by atoms with Gasteiger partial charge in [0.1, 0.15) is 0 Å². The summed E-state index contributed by atoms with van der Waals surface area (Å²) >= 11 is 5.69. The minimum absolute atomic E-state index is 0.0400. The highest BCUT2D eigenvalue weighted by atomic mass is 35.5. The zero-order chi connectivity index (χ0) is 11.4. The largest absolute Gasteiger partial charge is 0.484 e. The van der Waals surface area contributed by atoms with Crippen molar-refractivity contribution in [2.24, 2.45) is 0 Å². The van der Waals surface area contributed by atoms with Gasteiger partial charge in [0.25, 0.3) is 0 Å². The van der Waals surface area contributed by atoms with Gasteiger partial charge >= 0.3 is 5.69 Å². The average molecular weight is 230 g/mol. The molecule has 0 aliphatic carbocycles. The van der Waals surface area contributed by atoms with Crippen LogP contribution in [0.15, 0.2) is 18.2 Å². The van der Waals surface area contributed by atoms with Crippen molar-refractivity contribution in [1.82, 2.24) is 0 Å². The van der Waals surface area contributed by atoms with E-state index in [1.54, 1.807) is 12.1 Å². The summed E-state index contributed by atoms with van der Waals surface area (Å²) in [6.07, 6.45) is -0.118. The number of alkyl halides is 1. The number of nitro groups is 1. The van der Waals surface area contributed by atoms with Crippen LogP contribution in [0.25, 0.3) is 0 Å². The molecule has 0 N–H and O–H groups in total. The molecule has 0 saturated carbocycles. The summed E-state index contributed by atoms with van der Waals surface area (Å²) in [6, 6.07) is 4.73. The molecule has 82 valence electrons. The van der Waals surface area contributed by atoms with Crippen molar-refractivity contribution in [2.45, 2.75) is 25.8 Å². The second kappa shape index (κ2) is 4.98. The molecule has 0 bridgehead atoms. The Morgan fingerprint density at radius 2 is 2.20 bits per heavy atom. The lowest BCUT2D eigenvalue weighted by atomic mass is 10.2. The minimum atomic E-state index is -0.465. The van der Waals surface area contributed by atoms with Gasteiger partial charge in [-0.15, -0.1) is 11.6 Å². The first-order valence-corrected chi connectivity index (χ1v) is 5.08. The predicted molar refractivity (Wildman–Crippen MR) is 58.4 cm³/mol. The third-order valence-corrected chi connectivity index (χ3v) is 2.06. The van der Waals surface area contributed by atoms with Crippen LogP contribution in [-0.2, 0) is 5.88 Å². The molecule has 1 aromatic carbocycles. The number of ether oxygens (including phenoxy) is 1. The summed E-state index contributed by atoms with van der Waals surface area (Å²) in [5.41, 5.74) is 0.599. The van der Waals surface area contributed by atoms with E-state index in [4.69, 9.17) is 16.3 Å². The van der Waals surface area contributed by atoms with E-state index in [0.29, 0.717) is 5.56 Å². The van der Waals surface area contributed by atoms with Crippen LogP contribution in [0.2, 0.25) is 0 Å². The number of rotatable bonds is 4. The summed E-state index contributed by atoms with van der Waals surface area (Å²) in [5.74, 6) is 0.469. The fourth-order valence-electron chi connectivity index (χ4n) is 1.19. The maximum Gasteiger partial charge on any atom is 0.311 e. The Bertz CT molecular complexity index is 366. The van der Waals surface area contributed by atoms with Crippen LogP contribution in [0.5, 0.6) is 5.75 Å². The van der Waals surface area contributed by atoms with Gasteiger partial charge in [-0.3, -0.25) is 10.1 Å². The van der Waals surface area contributed by atoms with Crippen molar-refractivity contribution in [3.05, 3.63) is 33.9 Å². The first kappa shape index (κ1) is 11.8. The summed E-state index contributed by atoms with van der Waals surface area (Å²) in [6.45, 7) is 3.63. The van der Waals surface area contributed by atoms with E-state index in [-0.39, 0.29) is 23.4 Å². The molecule has 15 heavy (non-hydrogen) atoms. The Hall–Kier alpha value is -1.29. The standard InChI is InChI=1S/C10H12ClNO3/c1-7(2)15-10-8(6-11)4-3-5-9(10)12(13)14/h3-5,7H,6H2,1-2H3. The van der Waals surface area contributed by atoms with Gasteiger partial charge in [0, 0.05) is 11.6 Å². The Balaban J connectivity index is 3.20. The highest BCUT2D eigenvalue weighted by molar-refractivity contribution is 6.17. The molecular weight excluding hydrogens is 218 g/mol. The molecule has 4 nitrogen and oxygen atoms in total. The Morgan fingerprint density at radius 1 is 1.53 bits per heavy atom. The van der Waals surface area contributed by atoms with Crippen molar-refractivity contribution in [1.29, 1.82) is 0 Å². The molecule has 0 aliphatic rings. The Morgan fingerprint density at radius 3 is 2.67 bits per heavy atom. The number of halogens is 1. The maximum atomic E-state index is 10.8. The summed E-state index contributed by atoms with van der Waals surface area (Å²) in [5, 5.41) is 10.8. The van der Waals surface area contributed by atoms with E-state index in [1.807, 2.05) is 13.8 Å². The normalized spacial score (nSPS) is 10.4. The minimum Gasteiger partial charge on any atom is -0.484 e. The number of benzene rings is 1. The molecule has 0 spiro atoms. The highest BCUT2D eigenvalue weighted by Crippen LogP contribution is 2.32. The summed E-state index contributed by atoms with van der Waals surface area (Å²) in [4.78, 5) is 10.3. The highest BCUT2D eigenvalue weighted by Gasteiger charge is 2.19. The topological polar surface area (TPSA) is 52.4 Å². The van der Waals surface area contributed by atoms with Crippen LogP contribution >= 0.6 is 11.6 Å². The van der Waals surface area contributed by atoms with Gasteiger partial charge in [-0.1, -0.05) is 12.1 Å². The van der Waals surface area contributed by atoms with E-state index >= 15 is 0 Å². The Labute approximate surface area is 93.0 Å². The second-order valence-electron chi connectivity index (χ2n) is 3.32. The lowest BCUT2D eigenvalue weighted by Crippen LogP contribution is -2.09. The van der Waals surface area contributed by atoms with Gasteiger partial charge in [0.2, 0.25) is 5.75 Å². The van der Waals surface area contributed by atoms with Gasteiger partial charge in [0.15, 0.2) is 0 Å². The smallest absolute Gasteiger partial charge is 0.311 e. The molecule has 1 aromatic rings. The number of hydrogen-bond donors (Lipinski definition) is 0. The van der Waals surface area contributed by atoms with Gasteiger partial charge in [-0.2, -0.15) is 0 Å². The van der Waals surface area contributed by atoms with Crippen LogP contribution in [0, 0.1) is 10.1 Å². The van der Waals surface area contributed by atoms with Crippen LogP contribution in [0.4, 0.5) is 5.69 Å². The Kier molecular flexibility index (Phi) is 3.91. The molecule has 1 rings (SSSR count). The third kappa shape index (κ3) is 2.83. The van der Waals surface area contributed by atoms with E-state index in [2.05, 4.69) is 0 Å². The van der Waals surface area contributed by atoms with E-state index in [0.717, 1.165) is 0 Å². The average Bonchev–Trinajstić information content (AvgIpc) is 2.16. The van der Waals surface area contributed by atoms with Crippen molar-refractivity contribution < 1.29 is 9.66 Å². The molecule has 5 heteroatoms. The van der Waals surface area contributed by atoms with Crippen molar-refractivity contribution in [3.8, 4) is 5.75 Å². The molecular formula is C10H12ClNO3. The number of para-hydroxylation sites is 1. The molecule has 0 fully saturated rings. The molecule has 0 aliphatic heterocycles. The molecule has 0 unspecified atom stereocenters. The SMILES string of the molecule is CC(C)Oc1c(CCl)cccc1[N+](=O)[O-]. The van der Waals surface area contributed by atoms with Gasteiger partial charge in [0.05, 0.1) is 16.9 Å². The first-order valence-electron chi connectivity index (χ1n) is 4.55. The molecule has 0 amide bonds. The van der Waals surface area contributed by atoms with Crippen molar-refractivity contribution in [2.75, 3.05) is 0 Å². The number of hydrogen-bond acceptors (Lipinski definition) is 3. The van der Waals surface area contributed by atoms with Crippen molar-refractivity contribution in [3.63, 3.8) is 0 Å². The fraction of sp³-hybridized carbons (Fsp3) is 0.400. The van der Waals surface area contributed by atoms with E-state index in [1.165, 1.54) is 6.07 Å². The molecule has 0 saturated heterocycles. The third-order valence-electron chi connectivity index (χ3n) is 1.77. The lowest BCUT2D eigenvalue weighted by molar-refractivity contribution is -0.386. The molecule has 0 atom stereocenters. The predicted octanol–water partition coefficient (Wildman–Crippen LogP) is 3.12. The quantitative estimate of drug-likeness (QED) is 0.453.